The molecule has 0 spiro atoms. The maximum absolute atomic E-state index is 13.8. The molecule has 0 atom stereocenters. The minimum Gasteiger partial charge on any atom is -0.343 e. The highest BCUT2D eigenvalue weighted by Gasteiger charge is 2.29. The summed E-state index contributed by atoms with van der Waals surface area (Å²) < 4.78 is 17.2. The number of carbonyl (C=O) groups is 3. The number of carbonyl (C=O) groups excluding carboxylic acids is 3. The monoisotopic (exact) mass is 452 g/mol. The zero-order chi connectivity index (χ0) is 23.9. The third-order valence-corrected chi connectivity index (χ3v) is 5.92. The highest BCUT2D eigenvalue weighted by Crippen LogP contribution is 2.33. The molecule has 4 rings (SSSR count). The summed E-state index contributed by atoms with van der Waals surface area (Å²) in [7, 11) is 1.64. The van der Waals surface area contributed by atoms with Gasteiger partial charge in [0.15, 0.2) is 0 Å². The number of nitrogens with one attached hydrogen (secondary N) is 2. The van der Waals surface area contributed by atoms with Crippen molar-refractivity contribution in [3.63, 3.8) is 0 Å². The first kappa shape index (κ1) is 22.4. The molecule has 3 aromatic rings. The van der Waals surface area contributed by atoms with Crippen molar-refractivity contribution in [2.45, 2.75) is 46.2 Å². The third-order valence-electron chi connectivity index (χ3n) is 5.92. The third kappa shape index (κ3) is 4.41. The van der Waals surface area contributed by atoms with Gasteiger partial charge >= 0.3 is 0 Å². The fourth-order valence-electron chi connectivity index (χ4n) is 3.77. The lowest BCUT2D eigenvalue weighted by molar-refractivity contribution is -0.117. The second-order valence-electron chi connectivity index (χ2n) is 8.34. The second-order valence-corrected chi connectivity index (χ2v) is 8.34. The molecule has 0 saturated heterocycles. The van der Waals surface area contributed by atoms with Crippen molar-refractivity contribution in [2.24, 2.45) is 7.05 Å². The average molecular weight is 452 g/mol. The highest BCUT2D eigenvalue weighted by atomic mass is 19.1. The van der Waals surface area contributed by atoms with E-state index in [-0.39, 0.29) is 17.8 Å². The molecule has 2 aromatic heterocycles. The van der Waals surface area contributed by atoms with E-state index in [0.29, 0.717) is 34.2 Å². The van der Waals surface area contributed by atoms with E-state index >= 15 is 0 Å². The zero-order valence-electron chi connectivity index (χ0n) is 18.9. The first-order valence-corrected chi connectivity index (χ1v) is 10.6. The van der Waals surface area contributed by atoms with Crippen LogP contribution in [-0.2, 0) is 18.4 Å². The SMILES string of the molecule is Cc1ccc(NC(=O)c2c(C)c(C(=O)C(=O)NCc3cn(C4CC4)nn3)c(C)n2C)cc1F. The van der Waals surface area contributed by atoms with Gasteiger partial charge in [0.25, 0.3) is 17.6 Å². The molecule has 1 aliphatic rings. The fraction of sp³-hybridized carbons (Fsp3) is 0.348. The molecule has 0 aliphatic heterocycles. The van der Waals surface area contributed by atoms with Crippen molar-refractivity contribution >= 4 is 23.3 Å². The van der Waals surface area contributed by atoms with Crippen molar-refractivity contribution in [2.75, 3.05) is 5.32 Å². The summed E-state index contributed by atoms with van der Waals surface area (Å²) in [6, 6.07) is 4.77. The standard InChI is InChI=1S/C23H25FN6O3/c1-12-5-6-15(9-18(12)24)26-22(32)20-13(2)19(14(3)29(20)4)21(31)23(33)25-10-16-11-30(28-27-16)17-7-8-17/h5-6,9,11,17H,7-8,10H2,1-4H3,(H,25,33)(H,26,32). The van der Waals surface area contributed by atoms with Gasteiger partial charge in [-0.3, -0.25) is 14.4 Å². The number of benzene rings is 1. The number of ketones is 1. The molecule has 0 radical (unpaired) electrons. The van der Waals surface area contributed by atoms with Crippen LogP contribution in [0.2, 0.25) is 0 Å². The molecule has 1 aliphatic carbocycles. The van der Waals surface area contributed by atoms with Crippen LogP contribution in [0.25, 0.3) is 0 Å². The van der Waals surface area contributed by atoms with Gasteiger partial charge in [-0.15, -0.1) is 5.10 Å². The molecule has 33 heavy (non-hydrogen) atoms. The van der Waals surface area contributed by atoms with E-state index < -0.39 is 23.4 Å². The van der Waals surface area contributed by atoms with Crippen LogP contribution in [0.5, 0.6) is 0 Å². The van der Waals surface area contributed by atoms with Crippen LogP contribution in [0, 0.1) is 26.6 Å². The Bertz CT molecular complexity index is 1270. The smallest absolute Gasteiger partial charge is 0.292 e. The number of rotatable bonds is 7. The van der Waals surface area contributed by atoms with Gasteiger partial charge in [-0.2, -0.15) is 0 Å². The number of Topliss-reactive ketones (excluding diaryl/α,β-unsaturated/α-hetero) is 1. The lowest BCUT2D eigenvalue weighted by Gasteiger charge is -2.09. The molecule has 10 heteroatoms. The van der Waals surface area contributed by atoms with Crippen molar-refractivity contribution in [3.05, 3.63) is 64.0 Å². The maximum atomic E-state index is 13.8. The van der Waals surface area contributed by atoms with Crippen molar-refractivity contribution in [3.8, 4) is 0 Å². The van der Waals surface area contributed by atoms with Gasteiger partial charge in [-0.1, -0.05) is 11.3 Å². The van der Waals surface area contributed by atoms with E-state index in [2.05, 4.69) is 20.9 Å². The van der Waals surface area contributed by atoms with E-state index in [9.17, 15) is 18.8 Å². The molecule has 1 saturated carbocycles. The topological polar surface area (TPSA) is 111 Å². The van der Waals surface area contributed by atoms with Crippen molar-refractivity contribution in [1.29, 1.82) is 0 Å². The largest absolute Gasteiger partial charge is 0.343 e. The van der Waals surface area contributed by atoms with Gasteiger partial charge in [0.2, 0.25) is 0 Å². The minimum absolute atomic E-state index is 0.0779. The van der Waals surface area contributed by atoms with Gasteiger partial charge in [-0.25, -0.2) is 9.07 Å². The highest BCUT2D eigenvalue weighted by molar-refractivity contribution is 6.43. The van der Waals surface area contributed by atoms with Crippen molar-refractivity contribution in [1.82, 2.24) is 24.9 Å². The summed E-state index contributed by atoms with van der Waals surface area (Å²) in [4.78, 5) is 38.4. The Morgan fingerprint density at radius 3 is 2.58 bits per heavy atom. The Labute approximate surface area is 190 Å². The number of hydrogen-bond donors (Lipinski definition) is 2. The van der Waals surface area contributed by atoms with Crippen LogP contribution in [0.3, 0.4) is 0 Å². The number of nitrogens with zero attached hydrogens (tertiary/aromatic N) is 4. The van der Waals surface area contributed by atoms with Gasteiger partial charge in [0.1, 0.15) is 17.2 Å². The second kappa shape index (κ2) is 8.61. The molecular formula is C23H25FN6O3. The molecule has 172 valence electrons. The Morgan fingerprint density at radius 1 is 1.18 bits per heavy atom. The van der Waals surface area contributed by atoms with Crippen LogP contribution >= 0.6 is 0 Å². The molecule has 2 amide bonds. The minimum atomic E-state index is -0.791. The number of halogens is 1. The first-order chi connectivity index (χ1) is 15.7. The summed E-state index contributed by atoms with van der Waals surface area (Å²) in [5, 5.41) is 13.3. The van der Waals surface area contributed by atoms with Gasteiger partial charge in [0, 0.05) is 18.4 Å². The van der Waals surface area contributed by atoms with E-state index in [4.69, 9.17) is 0 Å². The number of aromatic nitrogens is 4. The zero-order valence-corrected chi connectivity index (χ0v) is 18.9. The van der Waals surface area contributed by atoms with Crippen molar-refractivity contribution < 1.29 is 18.8 Å². The average Bonchev–Trinajstić information content (AvgIpc) is 3.47. The van der Waals surface area contributed by atoms with Gasteiger partial charge in [0.05, 0.1) is 24.3 Å². The summed E-state index contributed by atoms with van der Waals surface area (Å²) in [6.07, 6.45) is 3.89. The number of anilines is 1. The molecule has 2 heterocycles. The Kier molecular flexibility index (Phi) is 5.84. The molecule has 9 nitrogen and oxygen atoms in total. The van der Waals surface area contributed by atoms with E-state index in [0.717, 1.165) is 12.8 Å². The van der Waals surface area contributed by atoms with Crippen LogP contribution in [0.4, 0.5) is 10.1 Å². The van der Waals surface area contributed by atoms with E-state index in [1.54, 1.807) is 55.4 Å². The molecule has 2 N–H and O–H groups in total. The lowest BCUT2D eigenvalue weighted by atomic mass is 10.0. The normalized spacial score (nSPS) is 13.1. The number of amides is 2. The molecule has 1 aromatic carbocycles. The summed E-state index contributed by atoms with van der Waals surface area (Å²) in [5.74, 6) is -2.47. The van der Waals surface area contributed by atoms with E-state index in [1.807, 2.05) is 0 Å². The maximum Gasteiger partial charge on any atom is 0.292 e. The molecule has 0 bridgehead atoms. The Balaban J connectivity index is 1.49. The molecule has 1 fully saturated rings. The quantitative estimate of drug-likeness (QED) is 0.423. The van der Waals surface area contributed by atoms with Crippen LogP contribution < -0.4 is 10.6 Å². The van der Waals surface area contributed by atoms with Gasteiger partial charge in [-0.05, 0) is 56.9 Å². The predicted octanol–water partition coefficient (Wildman–Crippen LogP) is 2.77. The summed E-state index contributed by atoms with van der Waals surface area (Å²) >= 11 is 0. The summed E-state index contributed by atoms with van der Waals surface area (Å²) in [5.41, 5.74) is 2.57. The van der Waals surface area contributed by atoms with Crippen LogP contribution in [-0.4, -0.2) is 37.2 Å². The molecular weight excluding hydrogens is 427 g/mol. The Morgan fingerprint density at radius 2 is 1.91 bits per heavy atom. The lowest BCUT2D eigenvalue weighted by Crippen LogP contribution is -2.31. The van der Waals surface area contributed by atoms with Gasteiger partial charge < -0.3 is 15.2 Å². The van der Waals surface area contributed by atoms with Crippen LogP contribution in [0.15, 0.2) is 24.4 Å². The Hall–Kier alpha value is -3.82. The number of hydrogen-bond acceptors (Lipinski definition) is 5. The number of aryl methyl sites for hydroxylation is 1. The molecule has 0 unspecified atom stereocenters. The van der Waals surface area contributed by atoms with E-state index in [1.165, 1.54) is 6.07 Å². The fourth-order valence-corrected chi connectivity index (χ4v) is 3.77. The predicted molar refractivity (Wildman–Crippen MR) is 118 cm³/mol. The summed E-state index contributed by atoms with van der Waals surface area (Å²) in [6.45, 7) is 4.98. The first-order valence-electron chi connectivity index (χ1n) is 10.6. The van der Waals surface area contributed by atoms with Crippen LogP contribution in [0.1, 0.15) is 62.2 Å².